The van der Waals surface area contributed by atoms with Gasteiger partial charge in [-0.3, -0.25) is 0 Å². The average Bonchev–Trinajstić information content (AvgIpc) is 2.99. The number of ether oxygens (including phenoxy) is 2. The zero-order valence-electron chi connectivity index (χ0n) is 11.5. The normalized spacial score (nSPS) is 28.4. The van der Waals surface area contributed by atoms with Crippen molar-refractivity contribution in [1.82, 2.24) is 5.32 Å². The van der Waals surface area contributed by atoms with E-state index < -0.39 is 0 Å². The van der Waals surface area contributed by atoms with Gasteiger partial charge in [0.2, 0.25) is 0 Å². The maximum atomic E-state index is 6.21. The van der Waals surface area contributed by atoms with Gasteiger partial charge in [0.15, 0.2) is 0 Å². The van der Waals surface area contributed by atoms with Crippen LogP contribution in [0.25, 0.3) is 0 Å². The fourth-order valence-corrected chi connectivity index (χ4v) is 3.70. The minimum absolute atomic E-state index is 0.420. The molecule has 0 spiro atoms. The molecular formula is C16H20ClNO2. The zero-order valence-corrected chi connectivity index (χ0v) is 12.3. The highest BCUT2D eigenvalue weighted by Gasteiger charge is 2.40. The molecule has 20 heavy (non-hydrogen) atoms. The van der Waals surface area contributed by atoms with Crippen LogP contribution in [0.15, 0.2) is 12.1 Å². The highest BCUT2D eigenvalue weighted by Crippen LogP contribution is 2.39. The Labute approximate surface area is 124 Å². The number of halogens is 1. The van der Waals surface area contributed by atoms with Crippen LogP contribution in [0.1, 0.15) is 30.4 Å². The Balaban J connectivity index is 1.47. The summed E-state index contributed by atoms with van der Waals surface area (Å²) in [6, 6.07) is 4.54. The summed E-state index contributed by atoms with van der Waals surface area (Å²) in [7, 11) is 0. The standard InChI is InChI=1S/C16H20ClNO2/c17-13-7-11-3-5-19-15(11)12(8-13)9-18-14-4-6-20-16(14)10-1-2-10/h7-8,10,14,16,18H,1-6,9H2. The molecule has 4 heteroatoms. The summed E-state index contributed by atoms with van der Waals surface area (Å²) >= 11 is 6.21. The van der Waals surface area contributed by atoms with Crippen LogP contribution in [-0.2, 0) is 17.7 Å². The molecule has 2 aliphatic heterocycles. The van der Waals surface area contributed by atoms with Crippen molar-refractivity contribution in [3.63, 3.8) is 0 Å². The van der Waals surface area contributed by atoms with Crippen molar-refractivity contribution in [1.29, 1.82) is 0 Å². The first-order chi connectivity index (χ1) is 9.81. The van der Waals surface area contributed by atoms with Gasteiger partial charge in [-0.05, 0) is 42.9 Å². The third-order valence-electron chi connectivity index (χ3n) is 4.60. The number of fused-ring (bicyclic) bond motifs is 1. The van der Waals surface area contributed by atoms with Crippen LogP contribution in [0.4, 0.5) is 0 Å². The van der Waals surface area contributed by atoms with Crippen LogP contribution in [0.2, 0.25) is 5.02 Å². The molecule has 4 rings (SSSR count). The molecule has 2 unspecified atom stereocenters. The Morgan fingerprint density at radius 1 is 1.20 bits per heavy atom. The van der Waals surface area contributed by atoms with Crippen molar-refractivity contribution < 1.29 is 9.47 Å². The lowest BCUT2D eigenvalue weighted by Gasteiger charge is -2.20. The Morgan fingerprint density at radius 3 is 2.95 bits per heavy atom. The van der Waals surface area contributed by atoms with E-state index in [1.54, 1.807) is 0 Å². The van der Waals surface area contributed by atoms with E-state index in [0.29, 0.717) is 12.1 Å². The Kier molecular flexibility index (Phi) is 3.37. The lowest BCUT2D eigenvalue weighted by Crippen LogP contribution is -2.37. The van der Waals surface area contributed by atoms with Crippen molar-refractivity contribution >= 4 is 11.6 Å². The van der Waals surface area contributed by atoms with Crippen LogP contribution in [0, 0.1) is 5.92 Å². The number of hydrogen-bond acceptors (Lipinski definition) is 3. The van der Waals surface area contributed by atoms with Gasteiger partial charge in [-0.25, -0.2) is 0 Å². The summed E-state index contributed by atoms with van der Waals surface area (Å²) in [5, 5.41) is 4.48. The summed E-state index contributed by atoms with van der Waals surface area (Å²) < 4.78 is 11.6. The monoisotopic (exact) mass is 293 g/mol. The largest absolute Gasteiger partial charge is 0.493 e. The average molecular weight is 294 g/mol. The molecule has 3 aliphatic rings. The molecule has 3 nitrogen and oxygen atoms in total. The molecule has 1 saturated carbocycles. The van der Waals surface area contributed by atoms with Gasteiger partial charge in [-0.15, -0.1) is 0 Å². The molecule has 0 bridgehead atoms. The second-order valence-corrected chi connectivity index (χ2v) is 6.54. The minimum Gasteiger partial charge on any atom is -0.493 e. The summed E-state index contributed by atoms with van der Waals surface area (Å²) in [4.78, 5) is 0. The van der Waals surface area contributed by atoms with Gasteiger partial charge in [0.05, 0.1) is 12.7 Å². The predicted octanol–water partition coefficient (Wildman–Crippen LogP) is 2.93. The molecule has 2 heterocycles. The van der Waals surface area contributed by atoms with Crippen LogP contribution in [0.3, 0.4) is 0 Å². The third-order valence-corrected chi connectivity index (χ3v) is 4.82. The zero-order chi connectivity index (χ0) is 13.5. The van der Waals surface area contributed by atoms with Crippen LogP contribution in [-0.4, -0.2) is 25.4 Å². The summed E-state index contributed by atoms with van der Waals surface area (Å²) in [6.45, 7) is 2.49. The van der Waals surface area contributed by atoms with E-state index >= 15 is 0 Å². The van der Waals surface area contributed by atoms with Gasteiger partial charge in [-0.1, -0.05) is 11.6 Å². The van der Waals surface area contributed by atoms with E-state index in [1.165, 1.54) is 24.0 Å². The van der Waals surface area contributed by atoms with Crippen LogP contribution < -0.4 is 10.1 Å². The number of nitrogens with one attached hydrogen (secondary N) is 1. The van der Waals surface area contributed by atoms with E-state index in [0.717, 1.165) is 49.3 Å². The molecule has 0 aromatic heterocycles. The quantitative estimate of drug-likeness (QED) is 0.926. The van der Waals surface area contributed by atoms with E-state index in [1.807, 2.05) is 12.1 Å². The van der Waals surface area contributed by atoms with E-state index in [4.69, 9.17) is 21.1 Å². The third kappa shape index (κ3) is 2.43. The summed E-state index contributed by atoms with van der Waals surface area (Å²) in [5.41, 5.74) is 2.43. The second kappa shape index (κ2) is 5.21. The lowest BCUT2D eigenvalue weighted by atomic mass is 10.0. The first-order valence-electron chi connectivity index (χ1n) is 7.60. The smallest absolute Gasteiger partial charge is 0.127 e. The van der Waals surface area contributed by atoms with Gasteiger partial charge in [0.1, 0.15) is 5.75 Å². The molecule has 0 radical (unpaired) electrons. The Bertz CT molecular complexity index is 515. The van der Waals surface area contributed by atoms with E-state index in [-0.39, 0.29) is 0 Å². The van der Waals surface area contributed by atoms with Gasteiger partial charge in [0, 0.05) is 36.2 Å². The van der Waals surface area contributed by atoms with Crippen molar-refractivity contribution in [3.05, 3.63) is 28.3 Å². The molecule has 108 valence electrons. The summed E-state index contributed by atoms with van der Waals surface area (Å²) in [6.07, 6.45) is 5.17. The number of hydrogen-bond donors (Lipinski definition) is 1. The Hall–Kier alpha value is -0.770. The molecule has 1 aromatic carbocycles. The van der Waals surface area contributed by atoms with Crippen molar-refractivity contribution in [2.24, 2.45) is 5.92 Å². The minimum atomic E-state index is 0.420. The maximum Gasteiger partial charge on any atom is 0.127 e. The molecule has 1 N–H and O–H groups in total. The van der Waals surface area contributed by atoms with Crippen molar-refractivity contribution in [3.8, 4) is 5.75 Å². The van der Waals surface area contributed by atoms with Crippen molar-refractivity contribution in [2.45, 2.75) is 44.4 Å². The molecule has 0 amide bonds. The second-order valence-electron chi connectivity index (χ2n) is 6.10. The fraction of sp³-hybridized carbons (Fsp3) is 0.625. The fourth-order valence-electron chi connectivity index (χ4n) is 3.44. The van der Waals surface area contributed by atoms with Gasteiger partial charge >= 0.3 is 0 Å². The predicted molar refractivity (Wildman–Crippen MR) is 78.4 cm³/mol. The topological polar surface area (TPSA) is 30.5 Å². The summed E-state index contributed by atoms with van der Waals surface area (Å²) in [5.74, 6) is 1.83. The maximum absolute atomic E-state index is 6.21. The SMILES string of the molecule is Clc1cc2c(c(CNC3CCOC3C3CC3)c1)OCC2. The van der Waals surface area contributed by atoms with E-state index in [9.17, 15) is 0 Å². The highest BCUT2D eigenvalue weighted by molar-refractivity contribution is 6.30. The van der Waals surface area contributed by atoms with Gasteiger partial charge < -0.3 is 14.8 Å². The Morgan fingerprint density at radius 2 is 2.10 bits per heavy atom. The molecule has 1 saturated heterocycles. The van der Waals surface area contributed by atoms with E-state index in [2.05, 4.69) is 5.32 Å². The molecular weight excluding hydrogens is 274 g/mol. The van der Waals surface area contributed by atoms with Gasteiger partial charge in [0.25, 0.3) is 0 Å². The molecule has 1 aromatic rings. The molecule has 2 atom stereocenters. The van der Waals surface area contributed by atoms with Crippen LogP contribution in [0.5, 0.6) is 5.75 Å². The molecule has 1 aliphatic carbocycles. The molecule has 2 fully saturated rings. The number of rotatable bonds is 4. The first kappa shape index (κ1) is 12.9. The van der Waals surface area contributed by atoms with Crippen LogP contribution >= 0.6 is 11.6 Å². The first-order valence-corrected chi connectivity index (χ1v) is 7.98. The highest BCUT2D eigenvalue weighted by atomic mass is 35.5. The van der Waals surface area contributed by atoms with Crippen molar-refractivity contribution in [2.75, 3.05) is 13.2 Å². The van der Waals surface area contributed by atoms with Gasteiger partial charge in [-0.2, -0.15) is 0 Å². The number of benzene rings is 1. The lowest BCUT2D eigenvalue weighted by molar-refractivity contribution is 0.0808.